The first-order valence-electron chi connectivity index (χ1n) is 5.91. The molecule has 2 rings (SSSR count). The summed E-state index contributed by atoms with van der Waals surface area (Å²) in [5.74, 6) is -0.178. The summed E-state index contributed by atoms with van der Waals surface area (Å²) in [5, 5.41) is 0. The second-order valence-electron chi connectivity index (χ2n) is 3.74. The fourth-order valence-corrected chi connectivity index (χ4v) is 1.98. The largest absolute Gasteiger partial charge is 0.348 e. The molecule has 96 valence electrons. The molecule has 0 aromatic heterocycles. The molecule has 2 atom stereocenters. The minimum atomic E-state index is -0.360. The molecule has 2 unspecified atom stereocenters. The van der Waals surface area contributed by atoms with Gasteiger partial charge in [-0.15, -0.1) is 0 Å². The van der Waals surface area contributed by atoms with Crippen LogP contribution in [0.1, 0.15) is 20.8 Å². The smallest absolute Gasteiger partial charge is 0.328 e. The van der Waals surface area contributed by atoms with Gasteiger partial charge in [-0.2, -0.15) is 0 Å². The molecule has 1 saturated heterocycles. The van der Waals surface area contributed by atoms with E-state index in [0.717, 1.165) is 4.90 Å². The molecule has 6 nitrogen and oxygen atoms in total. The number of hydrogen-bond donors (Lipinski definition) is 0. The Morgan fingerprint density at radius 2 is 1.88 bits per heavy atom. The second kappa shape index (κ2) is 5.16. The standard InChI is InChI=1S/C9H14N4O2.C2H6/c1-4-13-5-10-7-6(13)8(14)12(3)9(15)11(7)2;1-2/h5-7H,4H2,1-3H3;1-2H3. The summed E-state index contributed by atoms with van der Waals surface area (Å²) in [6, 6.07) is -0.640. The molecule has 17 heavy (non-hydrogen) atoms. The number of likely N-dealkylation sites (N-methyl/N-ethyl adjacent to an activating group) is 3. The fourth-order valence-electron chi connectivity index (χ4n) is 1.98. The number of imide groups is 1. The molecule has 0 spiro atoms. The molecule has 1 fully saturated rings. The zero-order valence-electron chi connectivity index (χ0n) is 11.0. The first-order chi connectivity index (χ1) is 8.07. The molecule has 0 aliphatic carbocycles. The maximum absolute atomic E-state index is 11.9. The Bertz CT molecular complexity index is 342. The van der Waals surface area contributed by atoms with Gasteiger partial charge in [0, 0.05) is 20.6 Å². The van der Waals surface area contributed by atoms with Gasteiger partial charge in [-0.3, -0.25) is 9.69 Å². The van der Waals surface area contributed by atoms with Gasteiger partial charge in [0.25, 0.3) is 5.91 Å². The maximum Gasteiger partial charge on any atom is 0.328 e. The van der Waals surface area contributed by atoms with E-state index in [1.165, 1.54) is 11.9 Å². The number of aliphatic imine (C=N–C) groups is 1. The van der Waals surface area contributed by atoms with Crippen molar-refractivity contribution in [2.24, 2.45) is 4.99 Å². The van der Waals surface area contributed by atoms with Gasteiger partial charge in [-0.1, -0.05) is 13.8 Å². The molecular weight excluding hydrogens is 220 g/mol. The van der Waals surface area contributed by atoms with Gasteiger partial charge < -0.3 is 9.80 Å². The molecular formula is C11H20N4O2. The van der Waals surface area contributed by atoms with Gasteiger partial charge >= 0.3 is 6.03 Å². The van der Waals surface area contributed by atoms with Crippen LogP contribution in [0, 0.1) is 0 Å². The average Bonchev–Trinajstić information content (AvgIpc) is 2.80. The summed E-state index contributed by atoms with van der Waals surface area (Å²) in [6.07, 6.45) is 1.29. The highest BCUT2D eigenvalue weighted by Gasteiger charge is 2.47. The normalized spacial score (nSPS) is 27.0. The number of amides is 3. The van der Waals surface area contributed by atoms with E-state index in [9.17, 15) is 9.59 Å². The number of fused-ring (bicyclic) bond motifs is 1. The lowest BCUT2D eigenvalue weighted by Gasteiger charge is -2.39. The molecule has 6 heteroatoms. The van der Waals surface area contributed by atoms with Crippen molar-refractivity contribution in [2.75, 3.05) is 20.6 Å². The van der Waals surface area contributed by atoms with Gasteiger partial charge in [0.05, 0.1) is 6.34 Å². The Kier molecular flexibility index (Phi) is 4.09. The highest BCUT2D eigenvalue weighted by atomic mass is 16.2. The average molecular weight is 240 g/mol. The van der Waals surface area contributed by atoms with Crippen LogP contribution < -0.4 is 0 Å². The first-order valence-corrected chi connectivity index (χ1v) is 5.91. The molecule has 2 heterocycles. The monoisotopic (exact) mass is 240 g/mol. The quantitative estimate of drug-likeness (QED) is 0.674. The Labute approximate surface area is 102 Å². The summed E-state index contributed by atoms with van der Waals surface area (Å²) < 4.78 is 0. The lowest BCUT2D eigenvalue weighted by atomic mass is 10.1. The number of carbonyl (C=O) groups excluding carboxylic acids is 2. The molecule has 0 bridgehead atoms. The lowest BCUT2D eigenvalue weighted by Crippen LogP contribution is -2.63. The third kappa shape index (κ3) is 1.99. The SMILES string of the molecule is CC.CCN1C=NC2C1C(=O)N(C)C(=O)N2C. The van der Waals surface area contributed by atoms with Gasteiger partial charge in [0.1, 0.15) is 0 Å². The minimum Gasteiger partial charge on any atom is -0.348 e. The number of carbonyl (C=O) groups is 2. The van der Waals surface area contributed by atoms with Crippen LogP contribution in [0.3, 0.4) is 0 Å². The molecule has 2 aliphatic heterocycles. The molecule has 0 saturated carbocycles. The van der Waals surface area contributed by atoms with E-state index in [2.05, 4.69) is 4.99 Å². The predicted octanol–water partition coefficient (Wildman–Crippen LogP) is 0.595. The fraction of sp³-hybridized carbons (Fsp3) is 0.727. The third-order valence-electron chi connectivity index (χ3n) is 2.94. The van der Waals surface area contributed by atoms with Gasteiger partial charge in [-0.25, -0.2) is 9.79 Å². The van der Waals surface area contributed by atoms with Crippen LogP contribution in [-0.2, 0) is 4.79 Å². The lowest BCUT2D eigenvalue weighted by molar-refractivity contribution is -0.136. The summed E-state index contributed by atoms with van der Waals surface area (Å²) in [6.45, 7) is 6.67. The predicted molar refractivity (Wildman–Crippen MR) is 65.7 cm³/mol. The van der Waals surface area contributed by atoms with E-state index in [0.29, 0.717) is 6.54 Å². The topological polar surface area (TPSA) is 56.2 Å². The molecule has 0 radical (unpaired) electrons. The van der Waals surface area contributed by atoms with Crippen molar-refractivity contribution in [1.29, 1.82) is 0 Å². The van der Waals surface area contributed by atoms with Gasteiger partial charge in [0.15, 0.2) is 12.2 Å². The Hall–Kier alpha value is -1.59. The summed E-state index contributed by atoms with van der Waals surface area (Å²) in [7, 11) is 3.17. The van der Waals surface area contributed by atoms with Crippen molar-refractivity contribution in [3.05, 3.63) is 0 Å². The highest BCUT2D eigenvalue weighted by Crippen LogP contribution is 2.23. The third-order valence-corrected chi connectivity index (χ3v) is 2.94. The van der Waals surface area contributed by atoms with Crippen molar-refractivity contribution in [2.45, 2.75) is 33.0 Å². The minimum absolute atomic E-state index is 0.178. The van der Waals surface area contributed by atoms with Crippen LogP contribution >= 0.6 is 0 Å². The van der Waals surface area contributed by atoms with E-state index >= 15 is 0 Å². The number of hydrogen-bond acceptors (Lipinski definition) is 4. The molecule has 3 amide bonds. The van der Waals surface area contributed by atoms with E-state index in [1.807, 2.05) is 25.7 Å². The van der Waals surface area contributed by atoms with E-state index in [1.54, 1.807) is 13.4 Å². The van der Waals surface area contributed by atoms with E-state index < -0.39 is 0 Å². The Morgan fingerprint density at radius 3 is 2.41 bits per heavy atom. The number of urea groups is 1. The zero-order valence-corrected chi connectivity index (χ0v) is 11.0. The van der Waals surface area contributed by atoms with Crippen molar-refractivity contribution in [3.8, 4) is 0 Å². The van der Waals surface area contributed by atoms with Crippen molar-refractivity contribution in [1.82, 2.24) is 14.7 Å². The van der Waals surface area contributed by atoms with Crippen molar-refractivity contribution < 1.29 is 9.59 Å². The van der Waals surface area contributed by atoms with Gasteiger partial charge in [-0.05, 0) is 6.92 Å². The number of rotatable bonds is 1. The molecule has 0 aromatic rings. The second-order valence-corrected chi connectivity index (χ2v) is 3.74. The van der Waals surface area contributed by atoms with Crippen LogP contribution in [0.5, 0.6) is 0 Å². The highest BCUT2D eigenvalue weighted by molar-refractivity contribution is 6.01. The van der Waals surface area contributed by atoms with Crippen molar-refractivity contribution in [3.63, 3.8) is 0 Å². The van der Waals surface area contributed by atoms with Crippen LogP contribution in [0.4, 0.5) is 4.79 Å². The van der Waals surface area contributed by atoms with Crippen LogP contribution in [0.2, 0.25) is 0 Å². The zero-order chi connectivity index (χ0) is 13.2. The van der Waals surface area contributed by atoms with Gasteiger partial charge in [0.2, 0.25) is 0 Å². The van der Waals surface area contributed by atoms with Crippen LogP contribution in [0.15, 0.2) is 4.99 Å². The van der Waals surface area contributed by atoms with Crippen LogP contribution in [0.25, 0.3) is 0 Å². The summed E-state index contributed by atoms with van der Waals surface area (Å²) in [4.78, 5) is 32.2. The Balaban J connectivity index is 0.000000686. The first kappa shape index (κ1) is 13.5. The summed E-state index contributed by atoms with van der Waals surface area (Å²) >= 11 is 0. The van der Waals surface area contributed by atoms with E-state index in [-0.39, 0.29) is 24.1 Å². The van der Waals surface area contributed by atoms with Crippen molar-refractivity contribution >= 4 is 18.3 Å². The molecule has 2 aliphatic rings. The summed E-state index contributed by atoms with van der Waals surface area (Å²) in [5.41, 5.74) is 0. The number of nitrogens with zero attached hydrogens (tertiary/aromatic N) is 4. The molecule has 0 N–H and O–H groups in total. The van der Waals surface area contributed by atoms with Crippen LogP contribution in [-0.4, -0.2) is 65.8 Å². The Morgan fingerprint density at radius 1 is 1.29 bits per heavy atom. The maximum atomic E-state index is 11.9. The van der Waals surface area contributed by atoms with E-state index in [4.69, 9.17) is 0 Å². The molecule has 0 aromatic carbocycles.